The topological polar surface area (TPSA) is 71.7 Å². The quantitative estimate of drug-likeness (QED) is 0.350. The second kappa shape index (κ2) is 10.5. The van der Waals surface area contributed by atoms with Crippen LogP contribution in [-0.2, 0) is 13.1 Å². The Morgan fingerprint density at radius 2 is 2.00 bits per heavy atom. The van der Waals surface area contributed by atoms with E-state index < -0.39 is 0 Å². The smallest absolute Gasteiger partial charge is 0.191 e. The van der Waals surface area contributed by atoms with Crippen LogP contribution in [0.4, 0.5) is 0 Å². The van der Waals surface area contributed by atoms with E-state index >= 15 is 0 Å². The van der Waals surface area contributed by atoms with Crippen LogP contribution in [0.1, 0.15) is 56.0 Å². The van der Waals surface area contributed by atoms with Crippen LogP contribution in [-0.4, -0.2) is 24.3 Å². The van der Waals surface area contributed by atoms with E-state index in [1.54, 1.807) is 7.05 Å². The van der Waals surface area contributed by atoms with Gasteiger partial charge in [-0.15, -0.1) is 24.0 Å². The van der Waals surface area contributed by atoms with Crippen LogP contribution in [0.15, 0.2) is 39.8 Å². The second-order valence-corrected chi connectivity index (χ2v) is 6.93. The Morgan fingerprint density at radius 1 is 1.26 bits per heavy atom. The minimum absolute atomic E-state index is 0. The van der Waals surface area contributed by atoms with Crippen molar-refractivity contribution in [2.24, 2.45) is 4.99 Å². The van der Waals surface area contributed by atoms with Crippen molar-refractivity contribution in [3.63, 3.8) is 0 Å². The standard InChI is InChI=1S/C20H28N4O2.HI/c1-14(2)18-11-17(26-24-18)13-23-20(21-3)22-12-15-7-4-5-10-19(15)25-16-8-6-9-16;/h4-5,7,10-11,14,16H,6,8-9,12-13H2,1-3H3,(H2,21,22,23);1H. The fourth-order valence-electron chi connectivity index (χ4n) is 2.69. The van der Waals surface area contributed by atoms with Gasteiger partial charge in [-0.3, -0.25) is 4.99 Å². The predicted molar refractivity (Wildman–Crippen MR) is 118 cm³/mol. The van der Waals surface area contributed by atoms with Gasteiger partial charge in [0.15, 0.2) is 11.7 Å². The van der Waals surface area contributed by atoms with Gasteiger partial charge in [0.25, 0.3) is 0 Å². The molecule has 1 aromatic carbocycles. The maximum absolute atomic E-state index is 6.08. The Balaban J connectivity index is 0.00000261. The van der Waals surface area contributed by atoms with Crippen molar-refractivity contribution in [3.8, 4) is 5.75 Å². The molecular formula is C20H29IN4O2. The Morgan fingerprint density at radius 3 is 2.63 bits per heavy atom. The van der Waals surface area contributed by atoms with E-state index in [-0.39, 0.29) is 24.0 Å². The number of aromatic nitrogens is 1. The first-order chi connectivity index (χ1) is 12.7. The maximum Gasteiger partial charge on any atom is 0.191 e. The molecule has 2 aromatic rings. The third kappa shape index (κ3) is 6.12. The number of halogens is 1. The summed E-state index contributed by atoms with van der Waals surface area (Å²) in [7, 11) is 1.76. The Kier molecular flexibility index (Phi) is 8.40. The molecule has 0 aliphatic heterocycles. The first kappa shape index (κ1) is 21.5. The van der Waals surface area contributed by atoms with E-state index in [9.17, 15) is 0 Å². The van der Waals surface area contributed by atoms with E-state index in [4.69, 9.17) is 9.26 Å². The van der Waals surface area contributed by atoms with Crippen LogP contribution in [0.5, 0.6) is 5.75 Å². The van der Waals surface area contributed by atoms with Gasteiger partial charge < -0.3 is 19.9 Å². The van der Waals surface area contributed by atoms with E-state index in [1.165, 1.54) is 6.42 Å². The van der Waals surface area contributed by atoms with E-state index in [2.05, 4.69) is 40.7 Å². The number of rotatable bonds is 7. The summed E-state index contributed by atoms with van der Waals surface area (Å²) < 4.78 is 11.4. The lowest BCUT2D eigenvalue weighted by atomic mass is 9.96. The number of nitrogens with one attached hydrogen (secondary N) is 2. The molecule has 0 bridgehead atoms. The van der Waals surface area contributed by atoms with Gasteiger partial charge in [-0.25, -0.2) is 0 Å². The lowest BCUT2D eigenvalue weighted by Gasteiger charge is -2.27. The third-order valence-electron chi connectivity index (χ3n) is 4.59. The average molecular weight is 484 g/mol. The summed E-state index contributed by atoms with van der Waals surface area (Å²) in [6.45, 7) is 5.38. The minimum atomic E-state index is 0. The summed E-state index contributed by atoms with van der Waals surface area (Å²) >= 11 is 0. The summed E-state index contributed by atoms with van der Waals surface area (Å²) in [6, 6.07) is 10.1. The van der Waals surface area contributed by atoms with Gasteiger partial charge in [0.05, 0.1) is 18.3 Å². The van der Waals surface area contributed by atoms with Gasteiger partial charge in [-0.2, -0.15) is 0 Å². The summed E-state index contributed by atoms with van der Waals surface area (Å²) in [5.74, 6) is 2.82. The second-order valence-electron chi connectivity index (χ2n) is 6.93. The molecule has 148 valence electrons. The average Bonchev–Trinajstić information content (AvgIpc) is 3.08. The number of guanidine groups is 1. The van der Waals surface area contributed by atoms with Crippen molar-refractivity contribution in [2.75, 3.05) is 7.05 Å². The highest BCUT2D eigenvalue weighted by molar-refractivity contribution is 14.0. The summed E-state index contributed by atoms with van der Waals surface area (Å²) in [4.78, 5) is 4.27. The zero-order chi connectivity index (χ0) is 18.4. The molecule has 0 spiro atoms. The Labute approximate surface area is 178 Å². The van der Waals surface area contributed by atoms with Gasteiger partial charge in [0.1, 0.15) is 5.75 Å². The molecule has 1 fully saturated rings. The van der Waals surface area contributed by atoms with Crippen molar-refractivity contribution in [3.05, 3.63) is 47.3 Å². The molecular weight excluding hydrogens is 455 g/mol. The van der Waals surface area contributed by atoms with Gasteiger partial charge in [-0.05, 0) is 31.2 Å². The fourth-order valence-corrected chi connectivity index (χ4v) is 2.69. The zero-order valence-corrected chi connectivity index (χ0v) is 18.5. The number of nitrogens with zero attached hydrogens (tertiary/aromatic N) is 2. The van der Waals surface area contributed by atoms with Crippen LogP contribution in [0.3, 0.4) is 0 Å². The SMILES string of the molecule is CN=C(NCc1cc(C(C)C)no1)NCc1ccccc1OC1CCC1.I. The predicted octanol–water partition coefficient (Wildman–Crippen LogP) is 4.21. The molecule has 1 saturated carbocycles. The molecule has 6 nitrogen and oxygen atoms in total. The number of para-hydroxylation sites is 1. The monoisotopic (exact) mass is 484 g/mol. The largest absolute Gasteiger partial charge is 0.490 e. The van der Waals surface area contributed by atoms with E-state index in [1.807, 2.05) is 24.3 Å². The highest BCUT2D eigenvalue weighted by atomic mass is 127. The molecule has 0 saturated heterocycles. The first-order valence-corrected chi connectivity index (χ1v) is 9.30. The fraction of sp³-hybridized carbons (Fsp3) is 0.500. The van der Waals surface area contributed by atoms with Crippen LogP contribution < -0.4 is 15.4 Å². The summed E-state index contributed by atoms with van der Waals surface area (Å²) in [6.07, 6.45) is 3.94. The number of benzene rings is 1. The Bertz CT molecular complexity index is 741. The molecule has 1 aliphatic carbocycles. The molecule has 1 heterocycles. The minimum Gasteiger partial charge on any atom is -0.490 e. The van der Waals surface area contributed by atoms with Crippen molar-refractivity contribution in [2.45, 2.75) is 58.2 Å². The lowest BCUT2D eigenvalue weighted by molar-refractivity contribution is 0.119. The molecule has 2 N–H and O–H groups in total. The molecule has 0 atom stereocenters. The first-order valence-electron chi connectivity index (χ1n) is 9.30. The number of aliphatic imine (C=N–C) groups is 1. The van der Waals surface area contributed by atoms with Crippen LogP contribution in [0.25, 0.3) is 0 Å². The van der Waals surface area contributed by atoms with Crippen molar-refractivity contribution < 1.29 is 9.26 Å². The molecule has 1 aliphatic rings. The number of hydrogen-bond donors (Lipinski definition) is 2. The van der Waals surface area contributed by atoms with E-state index in [0.29, 0.717) is 31.1 Å². The maximum atomic E-state index is 6.08. The number of hydrogen-bond acceptors (Lipinski definition) is 4. The van der Waals surface area contributed by atoms with E-state index in [0.717, 1.165) is 35.6 Å². The molecule has 27 heavy (non-hydrogen) atoms. The summed E-state index contributed by atoms with van der Waals surface area (Å²) in [5.41, 5.74) is 2.09. The highest BCUT2D eigenvalue weighted by Crippen LogP contribution is 2.27. The molecule has 0 unspecified atom stereocenters. The van der Waals surface area contributed by atoms with Crippen molar-refractivity contribution >= 4 is 29.9 Å². The number of ether oxygens (including phenoxy) is 1. The molecule has 3 rings (SSSR count). The van der Waals surface area contributed by atoms with Crippen LogP contribution in [0, 0.1) is 0 Å². The van der Waals surface area contributed by atoms with Gasteiger partial charge in [0, 0.05) is 25.2 Å². The van der Waals surface area contributed by atoms with Gasteiger partial charge in [0.2, 0.25) is 0 Å². The van der Waals surface area contributed by atoms with Crippen molar-refractivity contribution in [1.29, 1.82) is 0 Å². The Hall–Kier alpha value is -1.77. The molecule has 7 heteroatoms. The molecule has 0 radical (unpaired) electrons. The summed E-state index contributed by atoms with van der Waals surface area (Å²) in [5, 5.41) is 10.7. The molecule has 1 aromatic heterocycles. The van der Waals surface area contributed by atoms with Crippen LogP contribution >= 0.6 is 24.0 Å². The van der Waals surface area contributed by atoms with Gasteiger partial charge in [-0.1, -0.05) is 37.2 Å². The van der Waals surface area contributed by atoms with Crippen molar-refractivity contribution in [1.82, 2.24) is 15.8 Å². The van der Waals surface area contributed by atoms with Crippen LogP contribution in [0.2, 0.25) is 0 Å². The molecule has 0 amide bonds. The lowest BCUT2D eigenvalue weighted by Crippen LogP contribution is -2.36. The third-order valence-corrected chi connectivity index (χ3v) is 4.59. The zero-order valence-electron chi connectivity index (χ0n) is 16.2. The van der Waals surface area contributed by atoms with Gasteiger partial charge >= 0.3 is 0 Å². The highest BCUT2D eigenvalue weighted by Gasteiger charge is 2.20. The normalized spacial score (nSPS) is 14.4.